The van der Waals surface area contributed by atoms with Gasteiger partial charge in [-0.25, -0.2) is 17.8 Å². The molecule has 10 nitrogen and oxygen atoms in total. The van der Waals surface area contributed by atoms with Gasteiger partial charge in [0, 0.05) is 61.6 Å². The molecule has 0 bridgehead atoms. The van der Waals surface area contributed by atoms with Crippen molar-refractivity contribution in [3.63, 3.8) is 0 Å². The monoisotopic (exact) mass is 615 g/mol. The molecule has 1 aromatic carbocycles. The molecule has 2 aliphatic rings. The maximum absolute atomic E-state index is 14.8. The van der Waals surface area contributed by atoms with Crippen LogP contribution in [0.25, 0.3) is 0 Å². The van der Waals surface area contributed by atoms with Crippen molar-refractivity contribution in [1.82, 2.24) is 19.2 Å². The molecule has 1 aromatic heterocycles. The van der Waals surface area contributed by atoms with Gasteiger partial charge < -0.3 is 20.4 Å². The lowest BCUT2D eigenvalue weighted by molar-refractivity contribution is -0.146. The molecular formula is C27H37F4N7O3S. The molecule has 15 heteroatoms. The maximum atomic E-state index is 14.8. The molecule has 42 heavy (non-hydrogen) atoms. The minimum atomic E-state index is -4.69. The fraction of sp³-hybridized carbons (Fsp3) is 0.593. The predicted molar refractivity (Wildman–Crippen MR) is 153 cm³/mol. The summed E-state index contributed by atoms with van der Waals surface area (Å²) in [6.45, 7) is 9.68. The average molecular weight is 616 g/mol. The smallest absolute Gasteiger partial charge is 0.368 e. The summed E-state index contributed by atoms with van der Waals surface area (Å²) in [5.74, 6) is -0.966. The van der Waals surface area contributed by atoms with Gasteiger partial charge in [-0.3, -0.25) is 4.79 Å². The SMILES string of the molecule is CC(=O)N1C(C)(C)CC(Nc2nc(Nc3ccc(N4CCN(S(C)(=O)=O)CC4)c(C(F)(F)F)c3)ncc2F)CC1(C)C. The molecule has 0 aliphatic carbocycles. The van der Waals surface area contributed by atoms with Gasteiger partial charge in [0.1, 0.15) is 0 Å². The van der Waals surface area contributed by atoms with Crippen LogP contribution >= 0.6 is 0 Å². The van der Waals surface area contributed by atoms with Crippen LogP contribution in [0, 0.1) is 5.82 Å². The Morgan fingerprint density at radius 1 is 1.05 bits per heavy atom. The van der Waals surface area contributed by atoms with Gasteiger partial charge >= 0.3 is 6.18 Å². The summed E-state index contributed by atoms with van der Waals surface area (Å²) in [7, 11) is -3.43. The molecule has 0 atom stereocenters. The summed E-state index contributed by atoms with van der Waals surface area (Å²) in [5.41, 5.74) is -1.94. The highest BCUT2D eigenvalue weighted by molar-refractivity contribution is 7.88. The number of amides is 1. The fourth-order valence-electron chi connectivity index (χ4n) is 6.46. The number of nitrogens with one attached hydrogen (secondary N) is 2. The van der Waals surface area contributed by atoms with Crippen LogP contribution in [0.5, 0.6) is 0 Å². The van der Waals surface area contributed by atoms with Crippen LogP contribution in [0.3, 0.4) is 0 Å². The van der Waals surface area contributed by atoms with Crippen molar-refractivity contribution in [2.75, 3.05) is 48.0 Å². The number of carbonyl (C=O) groups is 1. The highest BCUT2D eigenvalue weighted by Gasteiger charge is 2.47. The molecule has 2 N–H and O–H groups in total. The number of hydrogen-bond donors (Lipinski definition) is 2. The molecule has 1 amide bonds. The number of nitrogens with zero attached hydrogens (tertiary/aromatic N) is 5. The third-order valence-corrected chi connectivity index (χ3v) is 9.01. The van der Waals surface area contributed by atoms with Crippen LogP contribution in [0.2, 0.25) is 0 Å². The number of aromatic nitrogens is 2. The number of piperazine rings is 1. The topological polar surface area (TPSA) is 111 Å². The normalized spacial score (nSPS) is 20.0. The Hall–Kier alpha value is -3.20. The zero-order chi connectivity index (χ0) is 31.3. The molecule has 2 aliphatic heterocycles. The number of alkyl halides is 3. The Labute approximate surface area is 243 Å². The van der Waals surface area contributed by atoms with E-state index in [0.717, 1.165) is 18.5 Å². The van der Waals surface area contributed by atoms with Crippen molar-refractivity contribution in [3.05, 3.63) is 35.8 Å². The second kappa shape index (κ2) is 11.1. The van der Waals surface area contributed by atoms with E-state index in [1.165, 1.54) is 28.3 Å². The van der Waals surface area contributed by atoms with Crippen LogP contribution in [0.15, 0.2) is 24.4 Å². The quantitative estimate of drug-likeness (QED) is 0.459. The van der Waals surface area contributed by atoms with E-state index >= 15 is 0 Å². The van der Waals surface area contributed by atoms with E-state index in [2.05, 4.69) is 20.6 Å². The lowest BCUT2D eigenvalue weighted by atomic mass is 9.77. The third kappa shape index (κ3) is 6.88. The van der Waals surface area contributed by atoms with Crippen molar-refractivity contribution in [3.8, 4) is 0 Å². The number of piperidine rings is 1. The number of sulfonamides is 1. The number of rotatable bonds is 6. The summed E-state index contributed by atoms with van der Waals surface area (Å²) in [6.07, 6.45) is -1.62. The van der Waals surface area contributed by atoms with Gasteiger partial charge in [-0.15, -0.1) is 0 Å². The molecule has 0 radical (unpaired) electrons. The van der Waals surface area contributed by atoms with Crippen LogP contribution in [0.1, 0.15) is 53.0 Å². The predicted octanol–water partition coefficient (Wildman–Crippen LogP) is 4.44. The molecule has 2 saturated heterocycles. The number of carbonyl (C=O) groups excluding carboxylic acids is 1. The Balaban J connectivity index is 1.54. The first-order valence-electron chi connectivity index (χ1n) is 13.6. The minimum absolute atomic E-state index is 0.0513. The van der Waals surface area contributed by atoms with Gasteiger partial charge in [-0.05, 0) is 58.7 Å². The van der Waals surface area contributed by atoms with Gasteiger partial charge in [0.05, 0.1) is 18.0 Å². The van der Waals surface area contributed by atoms with Gasteiger partial charge in [0.15, 0.2) is 11.6 Å². The summed E-state index contributed by atoms with van der Waals surface area (Å²) < 4.78 is 81.9. The fourth-order valence-corrected chi connectivity index (χ4v) is 7.29. The number of benzene rings is 1. The Kier molecular flexibility index (Phi) is 8.41. The van der Waals surface area contributed by atoms with E-state index in [-0.39, 0.29) is 61.3 Å². The zero-order valence-electron chi connectivity index (χ0n) is 24.5. The van der Waals surface area contributed by atoms with Crippen molar-refractivity contribution in [2.24, 2.45) is 0 Å². The Morgan fingerprint density at radius 2 is 1.64 bits per heavy atom. The molecule has 2 aromatic rings. The highest BCUT2D eigenvalue weighted by atomic mass is 32.2. The van der Waals surface area contributed by atoms with E-state index in [1.807, 2.05) is 32.6 Å². The molecule has 0 spiro atoms. The number of anilines is 4. The van der Waals surface area contributed by atoms with Crippen LogP contribution in [-0.4, -0.2) is 83.1 Å². The van der Waals surface area contributed by atoms with Crippen molar-refractivity contribution < 1.29 is 30.8 Å². The lowest BCUT2D eigenvalue weighted by Crippen LogP contribution is -2.64. The third-order valence-electron chi connectivity index (χ3n) is 7.71. The lowest BCUT2D eigenvalue weighted by Gasteiger charge is -2.55. The van der Waals surface area contributed by atoms with E-state index in [9.17, 15) is 30.8 Å². The minimum Gasteiger partial charge on any atom is -0.368 e. The summed E-state index contributed by atoms with van der Waals surface area (Å²) in [6, 6.07) is 3.45. The number of likely N-dealkylation sites (tertiary alicyclic amines) is 1. The summed E-state index contributed by atoms with van der Waals surface area (Å²) in [4.78, 5) is 23.8. The van der Waals surface area contributed by atoms with E-state index in [0.29, 0.717) is 12.8 Å². The average Bonchev–Trinajstić information content (AvgIpc) is 2.83. The highest BCUT2D eigenvalue weighted by Crippen LogP contribution is 2.41. The molecule has 2 fully saturated rings. The molecule has 3 heterocycles. The Morgan fingerprint density at radius 3 is 2.17 bits per heavy atom. The van der Waals surface area contributed by atoms with Crippen molar-refractivity contribution in [2.45, 2.75) is 70.8 Å². The van der Waals surface area contributed by atoms with Crippen molar-refractivity contribution in [1.29, 1.82) is 0 Å². The van der Waals surface area contributed by atoms with Gasteiger partial charge in [0.2, 0.25) is 21.9 Å². The van der Waals surface area contributed by atoms with E-state index in [4.69, 9.17) is 0 Å². The largest absolute Gasteiger partial charge is 0.418 e. The molecule has 0 saturated carbocycles. The maximum Gasteiger partial charge on any atom is 0.418 e. The first-order valence-corrected chi connectivity index (χ1v) is 15.4. The standard InChI is InChI=1S/C27H37F4N7O3S/c1-17(39)38-25(2,3)14-19(15-26(38,4)5)33-23-21(28)16-32-24(35-23)34-18-7-8-22(20(13-18)27(29,30)31)36-9-11-37(12-10-36)42(6,40)41/h7-8,13,16,19H,9-12,14-15H2,1-6H3,(H2,32,33,34,35). The van der Waals surface area contributed by atoms with Gasteiger partial charge in [-0.1, -0.05) is 0 Å². The van der Waals surface area contributed by atoms with Gasteiger partial charge in [0.25, 0.3) is 0 Å². The molecule has 232 valence electrons. The zero-order valence-corrected chi connectivity index (χ0v) is 25.3. The van der Waals surface area contributed by atoms with Gasteiger partial charge in [-0.2, -0.15) is 22.5 Å². The molecular weight excluding hydrogens is 578 g/mol. The second-order valence-electron chi connectivity index (χ2n) is 12.1. The van der Waals surface area contributed by atoms with Crippen LogP contribution in [0.4, 0.5) is 40.7 Å². The first-order chi connectivity index (χ1) is 19.3. The van der Waals surface area contributed by atoms with E-state index in [1.54, 1.807) is 0 Å². The molecule has 0 unspecified atom stereocenters. The van der Waals surface area contributed by atoms with Crippen LogP contribution in [-0.2, 0) is 21.0 Å². The number of hydrogen-bond acceptors (Lipinski definition) is 8. The number of halogens is 4. The second-order valence-corrected chi connectivity index (χ2v) is 14.1. The van der Waals surface area contributed by atoms with Crippen molar-refractivity contribution >= 4 is 39.1 Å². The summed E-state index contributed by atoms with van der Waals surface area (Å²) in [5, 5.41) is 5.86. The first kappa shape index (κ1) is 31.7. The molecule has 4 rings (SSSR count). The van der Waals surface area contributed by atoms with Crippen LogP contribution < -0.4 is 15.5 Å². The summed E-state index contributed by atoms with van der Waals surface area (Å²) >= 11 is 0. The Bertz CT molecular complexity index is 1420. The van der Waals surface area contributed by atoms with E-state index < -0.39 is 38.7 Å².